The third-order valence-corrected chi connectivity index (χ3v) is 3.70. The molecule has 1 rings (SSSR count). The Morgan fingerprint density at radius 1 is 1.46 bits per heavy atom. The molecule has 0 aromatic heterocycles. The molecule has 72 valence electrons. The minimum atomic E-state index is -3.27. The van der Waals surface area contributed by atoms with E-state index in [4.69, 9.17) is 0 Å². The number of nitrogens with one attached hydrogen (secondary N) is 1. The van der Waals surface area contributed by atoms with E-state index in [0.717, 1.165) is 4.48 Å². The number of halogens is 1. The Bertz CT molecular complexity index is 379. The van der Waals surface area contributed by atoms with Crippen molar-refractivity contribution in [2.45, 2.75) is 6.42 Å². The SMILES string of the molecule is CNS(=O)(=O)C1=CC=C(Br)C=CC1. The van der Waals surface area contributed by atoms with Crippen molar-refractivity contribution in [3.8, 4) is 0 Å². The average Bonchev–Trinajstić information content (AvgIpc) is 2.30. The molecule has 5 heteroatoms. The maximum Gasteiger partial charge on any atom is 0.236 e. The summed E-state index contributed by atoms with van der Waals surface area (Å²) in [4.78, 5) is 0.376. The van der Waals surface area contributed by atoms with Gasteiger partial charge < -0.3 is 0 Å². The molecule has 13 heavy (non-hydrogen) atoms. The van der Waals surface area contributed by atoms with E-state index in [9.17, 15) is 8.42 Å². The van der Waals surface area contributed by atoms with E-state index in [0.29, 0.717) is 11.3 Å². The molecule has 0 aromatic carbocycles. The molecule has 0 spiro atoms. The van der Waals surface area contributed by atoms with Gasteiger partial charge in [0.15, 0.2) is 0 Å². The summed E-state index contributed by atoms with van der Waals surface area (Å²) in [7, 11) is -1.87. The maximum absolute atomic E-state index is 11.4. The summed E-state index contributed by atoms with van der Waals surface area (Å²) in [6.45, 7) is 0. The van der Waals surface area contributed by atoms with Crippen LogP contribution in [-0.2, 0) is 10.0 Å². The summed E-state index contributed by atoms with van der Waals surface area (Å²) in [6, 6.07) is 0. The summed E-state index contributed by atoms with van der Waals surface area (Å²) >= 11 is 3.27. The van der Waals surface area contributed by atoms with Crippen LogP contribution in [-0.4, -0.2) is 15.5 Å². The molecule has 0 saturated heterocycles. The highest BCUT2D eigenvalue weighted by Gasteiger charge is 2.13. The van der Waals surface area contributed by atoms with Gasteiger partial charge in [0.25, 0.3) is 0 Å². The number of hydrogen-bond donors (Lipinski definition) is 1. The van der Waals surface area contributed by atoms with Crippen LogP contribution < -0.4 is 4.72 Å². The van der Waals surface area contributed by atoms with Crippen LogP contribution in [0.15, 0.2) is 33.7 Å². The Kier molecular flexibility index (Phi) is 3.47. The Labute approximate surface area is 86.4 Å². The quantitative estimate of drug-likeness (QED) is 0.824. The molecule has 3 nitrogen and oxygen atoms in total. The van der Waals surface area contributed by atoms with E-state index in [1.54, 1.807) is 18.2 Å². The van der Waals surface area contributed by atoms with E-state index in [-0.39, 0.29) is 0 Å². The lowest BCUT2D eigenvalue weighted by molar-refractivity contribution is 0.593. The minimum Gasteiger partial charge on any atom is -0.215 e. The van der Waals surface area contributed by atoms with Crippen molar-refractivity contribution in [3.63, 3.8) is 0 Å². The van der Waals surface area contributed by atoms with Crippen LogP contribution in [0.25, 0.3) is 0 Å². The van der Waals surface area contributed by atoms with Gasteiger partial charge in [0.1, 0.15) is 0 Å². The summed E-state index contributed by atoms with van der Waals surface area (Å²) in [5.74, 6) is 0. The summed E-state index contributed by atoms with van der Waals surface area (Å²) in [5, 5.41) is 0. The van der Waals surface area contributed by atoms with Crippen LogP contribution in [0, 0.1) is 0 Å². The predicted octanol–water partition coefficient (Wildman–Crippen LogP) is 1.66. The average molecular weight is 264 g/mol. The number of hydrogen-bond acceptors (Lipinski definition) is 2. The second kappa shape index (κ2) is 4.21. The molecule has 0 bridgehead atoms. The number of rotatable bonds is 2. The van der Waals surface area contributed by atoms with Gasteiger partial charge in [0, 0.05) is 10.9 Å². The molecule has 0 atom stereocenters. The fourth-order valence-corrected chi connectivity index (χ4v) is 2.06. The van der Waals surface area contributed by atoms with E-state index < -0.39 is 10.0 Å². The monoisotopic (exact) mass is 263 g/mol. The maximum atomic E-state index is 11.4. The Morgan fingerprint density at radius 3 is 2.77 bits per heavy atom. The van der Waals surface area contributed by atoms with E-state index >= 15 is 0 Å². The van der Waals surface area contributed by atoms with Gasteiger partial charge in [-0.25, -0.2) is 13.1 Å². The van der Waals surface area contributed by atoms with Gasteiger partial charge in [-0.15, -0.1) is 0 Å². The van der Waals surface area contributed by atoms with Crippen LogP contribution in [0.3, 0.4) is 0 Å². The Hall–Kier alpha value is -0.390. The molecule has 0 radical (unpaired) electrons. The summed E-state index contributed by atoms with van der Waals surface area (Å²) < 4.78 is 25.9. The lowest BCUT2D eigenvalue weighted by Crippen LogP contribution is -2.20. The van der Waals surface area contributed by atoms with Crippen molar-refractivity contribution in [3.05, 3.63) is 33.7 Å². The first-order valence-corrected chi connectivity index (χ1v) is 6.00. The van der Waals surface area contributed by atoms with Gasteiger partial charge in [0.05, 0.1) is 4.91 Å². The molecule has 1 N–H and O–H groups in total. The van der Waals surface area contributed by atoms with Gasteiger partial charge >= 0.3 is 0 Å². The lowest BCUT2D eigenvalue weighted by Gasteiger charge is -2.02. The van der Waals surface area contributed by atoms with Crippen LogP contribution in [0.1, 0.15) is 6.42 Å². The molecule has 0 heterocycles. The molecule has 1 aliphatic carbocycles. The summed E-state index contributed by atoms with van der Waals surface area (Å²) in [5.41, 5.74) is 0. The predicted molar refractivity (Wildman–Crippen MR) is 56.8 cm³/mol. The van der Waals surface area contributed by atoms with Gasteiger partial charge in [-0.05, 0) is 19.2 Å². The highest BCUT2D eigenvalue weighted by molar-refractivity contribution is 9.11. The van der Waals surface area contributed by atoms with Crippen molar-refractivity contribution in [1.82, 2.24) is 4.72 Å². The Balaban J connectivity index is 3.03. The Morgan fingerprint density at radius 2 is 2.15 bits per heavy atom. The first-order valence-electron chi connectivity index (χ1n) is 3.73. The van der Waals surface area contributed by atoms with Crippen molar-refractivity contribution >= 4 is 26.0 Å². The molecule has 0 unspecified atom stereocenters. The topological polar surface area (TPSA) is 46.2 Å². The van der Waals surface area contributed by atoms with E-state index in [2.05, 4.69) is 20.7 Å². The molecule has 1 aliphatic rings. The zero-order valence-corrected chi connectivity index (χ0v) is 9.52. The standard InChI is InChI=1S/C8H10BrNO2S/c1-10-13(11,12)8-4-2-3-7(9)5-6-8/h2-3,5-6,10H,4H2,1H3. The van der Waals surface area contributed by atoms with Crippen LogP contribution >= 0.6 is 15.9 Å². The molecule has 0 aliphatic heterocycles. The number of allylic oxidation sites excluding steroid dienone is 6. The lowest BCUT2D eigenvalue weighted by atomic mass is 10.4. The minimum absolute atomic E-state index is 0.376. The van der Waals surface area contributed by atoms with Gasteiger partial charge in [0.2, 0.25) is 10.0 Å². The zero-order valence-electron chi connectivity index (χ0n) is 7.12. The largest absolute Gasteiger partial charge is 0.236 e. The van der Waals surface area contributed by atoms with Gasteiger partial charge in [-0.1, -0.05) is 28.1 Å². The normalized spacial score (nSPS) is 17.7. The third-order valence-electron chi connectivity index (χ3n) is 1.64. The number of sulfonamides is 1. The van der Waals surface area contributed by atoms with Gasteiger partial charge in [-0.2, -0.15) is 0 Å². The van der Waals surface area contributed by atoms with Crippen LogP contribution in [0.5, 0.6) is 0 Å². The fourth-order valence-electron chi connectivity index (χ4n) is 0.914. The molecule has 0 aromatic rings. The molecular weight excluding hydrogens is 254 g/mol. The highest BCUT2D eigenvalue weighted by Crippen LogP contribution is 2.18. The third kappa shape index (κ3) is 2.79. The van der Waals surface area contributed by atoms with Crippen molar-refractivity contribution in [1.29, 1.82) is 0 Å². The van der Waals surface area contributed by atoms with Crippen LogP contribution in [0.4, 0.5) is 0 Å². The second-order valence-electron chi connectivity index (χ2n) is 2.50. The van der Waals surface area contributed by atoms with Gasteiger partial charge in [-0.3, -0.25) is 0 Å². The first kappa shape index (κ1) is 10.7. The van der Waals surface area contributed by atoms with E-state index in [1.165, 1.54) is 7.05 Å². The van der Waals surface area contributed by atoms with Crippen molar-refractivity contribution in [2.75, 3.05) is 7.05 Å². The van der Waals surface area contributed by atoms with Crippen molar-refractivity contribution in [2.24, 2.45) is 0 Å². The molecule has 0 saturated carbocycles. The second-order valence-corrected chi connectivity index (χ2v) is 5.35. The van der Waals surface area contributed by atoms with Crippen molar-refractivity contribution < 1.29 is 8.42 Å². The zero-order chi connectivity index (χ0) is 9.90. The van der Waals surface area contributed by atoms with Crippen LogP contribution in [0.2, 0.25) is 0 Å². The molecule has 0 fully saturated rings. The van der Waals surface area contributed by atoms with E-state index in [1.807, 2.05) is 6.08 Å². The molecule has 0 amide bonds. The molecular formula is C8H10BrNO2S. The first-order chi connectivity index (χ1) is 6.06. The smallest absolute Gasteiger partial charge is 0.215 e. The highest BCUT2D eigenvalue weighted by atomic mass is 79.9. The summed E-state index contributed by atoms with van der Waals surface area (Å²) in [6.07, 6.45) is 7.36. The fraction of sp³-hybridized carbons (Fsp3) is 0.250.